The molecule has 7 heteroatoms. The predicted octanol–water partition coefficient (Wildman–Crippen LogP) is 1.60. The van der Waals surface area contributed by atoms with Crippen LogP contribution in [-0.4, -0.2) is 51.7 Å². The van der Waals surface area contributed by atoms with Crippen molar-refractivity contribution in [3.05, 3.63) is 24.3 Å². The molecule has 2 N–H and O–H groups in total. The van der Waals surface area contributed by atoms with Gasteiger partial charge in [-0.3, -0.25) is 0 Å². The molecule has 23 heavy (non-hydrogen) atoms. The molecule has 6 nitrogen and oxygen atoms in total. The highest BCUT2D eigenvalue weighted by Gasteiger charge is 2.36. The molecule has 0 spiro atoms. The molecule has 0 saturated carbocycles. The fourth-order valence-corrected chi connectivity index (χ4v) is 4.46. The zero-order chi connectivity index (χ0) is 16.9. The van der Waals surface area contributed by atoms with E-state index in [2.05, 4.69) is 0 Å². The van der Waals surface area contributed by atoms with Gasteiger partial charge in [-0.15, -0.1) is 0 Å². The summed E-state index contributed by atoms with van der Waals surface area (Å²) in [7, 11) is -1.90. The smallest absolute Gasteiger partial charge is 0.243 e. The van der Waals surface area contributed by atoms with Crippen LogP contribution in [0.1, 0.15) is 26.2 Å². The summed E-state index contributed by atoms with van der Waals surface area (Å²) in [6, 6.07) is 6.35. The lowest BCUT2D eigenvalue weighted by atomic mass is 10.0. The second kappa shape index (κ2) is 8.10. The lowest BCUT2D eigenvalue weighted by molar-refractivity contribution is 0.0401. The van der Waals surface area contributed by atoms with Crippen LogP contribution in [0, 0.1) is 0 Å². The molecule has 0 aromatic heterocycles. The number of nitrogens with two attached hydrogens (primary N) is 1. The second-order valence-electron chi connectivity index (χ2n) is 5.71. The van der Waals surface area contributed by atoms with E-state index in [1.807, 2.05) is 6.92 Å². The Labute approximate surface area is 138 Å². The molecule has 2 unspecified atom stereocenters. The van der Waals surface area contributed by atoms with Gasteiger partial charge in [0, 0.05) is 26.2 Å². The maximum atomic E-state index is 12.9. The van der Waals surface area contributed by atoms with Crippen molar-refractivity contribution < 1.29 is 17.9 Å². The second-order valence-corrected chi connectivity index (χ2v) is 7.60. The number of nitrogens with zero attached hydrogens (tertiary/aromatic N) is 1. The van der Waals surface area contributed by atoms with Crippen molar-refractivity contribution in [3.8, 4) is 5.75 Å². The molecule has 1 fully saturated rings. The van der Waals surface area contributed by atoms with Crippen LogP contribution in [-0.2, 0) is 14.8 Å². The van der Waals surface area contributed by atoms with Gasteiger partial charge in [-0.1, -0.05) is 6.92 Å². The van der Waals surface area contributed by atoms with Gasteiger partial charge in [0.15, 0.2) is 0 Å². The topological polar surface area (TPSA) is 81.9 Å². The summed E-state index contributed by atoms with van der Waals surface area (Å²) >= 11 is 0. The van der Waals surface area contributed by atoms with Crippen LogP contribution < -0.4 is 10.5 Å². The summed E-state index contributed by atoms with van der Waals surface area (Å²) in [6.45, 7) is 3.36. The van der Waals surface area contributed by atoms with Crippen molar-refractivity contribution in [1.82, 2.24) is 4.31 Å². The van der Waals surface area contributed by atoms with Crippen molar-refractivity contribution in [3.63, 3.8) is 0 Å². The number of sulfonamides is 1. The first-order valence-electron chi connectivity index (χ1n) is 8.00. The summed E-state index contributed by atoms with van der Waals surface area (Å²) < 4.78 is 38.1. The highest BCUT2D eigenvalue weighted by atomic mass is 32.2. The molecule has 0 radical (unpaired) electrons. The fraction of sp³-hybridized carbons (Fsp3) is 0.625. The molecule has 1 saturated heterocycles. The SMILES string of the molecule is CCCOc1ccc(S(=O)(=O)N2CCC(OC)CC2CN)cc1. The van der Waals surface area contributed by atoms with Gasteiger partial charge in [0.25, 0.3) is 0 Å². The van der Waals surface area contributed by atoms with E-state index in [0.717, 1.165) is 6.42 Å². The number of methoxy groups -OCH3 is 1. The molecule has 0 amide bonds. The van der Waals surface area contributed by atoms with Crippen molar-refractivity contribution in [1.29, 1.82) is 0 Å². The maximum Gasteiger partial charge on any atom is 0.243 e. The molecule has 2 atom stereocenters. The Balaban J connectivity index is 2.16. The van der Waals surface area contributed by atoms with Gasteiger partial charge in [0.1, 0.15) is 5.75 Å². The molecule has 1 aromatic carbocycles. The fourth-order valence-electron chi connectivity index (χ4n) is 2.80. The van der Waals surface area contributed by atoms with Crippen molar-refractivity contribution in [2.45, 2.75) is 43.2 Å². The normalized spacial score (nSPS) is 22.9. The third-order valence-corrected chi connectivity index (χ3v) is 6.09. The molecule has 1 aromatic rings. The number of hydrogen-bond acceptors (Lipinski definition) is 5. The van der Waals surface area contributed by atoms with E-state index in [4.69, 9.17) is 15.2 Å². The lowest BCUT2D eigenvalue weighted by Crippen LogP contribution is -2.51. The average molecular weight is 342 g/mol. The van der Waals surface area contributed by atoms with Crippen molar-refractivity contribution in [2.24, 2.45) is 5.73 Å². The summed E-state index contributed by atoms with van der Waals surface area (Å²) in [5, 5.41) is 0. The van der Waals surface area contributed by atoms with Crippen molar-refractivity contribution >= 4 is 10.0 Å². The Morgan fingerprint density at radius 1 is 1.30 bits per heavy atom. The quantitative estimate of drug-likeness (QED) is 0.814. The number of hydrogen-bond donors (Lipinski definition) is 1. The summed E-state index contributed by atoms with van der Waals surface area (Å²) in [5.41, 5.74) is 5.78. The number of piperidine rings is 1. The van der Waals surface area contributed by atoms with Gasteiger partial charge in [0.2, 0.25) is 10.0 Å². The zero-order valence-corrected chi connectivity index (χ0v) is 14.6. The first-order valence-corrected chi connectivity index (χ1v) is 9.44. The highest BCUT2D eigenvalue weighted by molar-refractivity contribution is 7.89. The zero-order valence-electron chi connectivity index (χ0n) is 13.8. The van der Waals surface area contributed by atoms with E-state index in [-0.39, 0.29) is 23.6 Å². The van der Waals surface area contributed by atoms with E-state index >= 15 is 0 Å². The van der Waals surface area contributed by atoms with E-state index in [1.54, 1.807) is 31.4 Å². The Morgan fingerprint density at radius 3 is 2.57 bits per heavy atom. The van der Waals surface area contributed by atoms with E-state index in [0.29, 0.717) is 31.7 Å². The third kappa shape index (κ3) is 4.23. The monoisotopic (exact) mass is 342 g/mol. The van der Waals surface area contributed by atoms with E-state index in [9.17, 15) is 8.42 Å². The first-order chi connectivity index (χ1) is 11.0. The minimum absolute atomic E-state index is 0.0693. The van der Waals surface area contributed by atoms with E-state index < -0.39 is 10.0 Å². The molecular weight excluding hydrogens is 316 g/mol. The molecular formula is C16H26N2O4S. The largest absolute Gasteiger partial charge is 0.494 e. The van der Waals surface area contributed by atoms with Crippen LogP contribution in [0.3, 0.4) is 0 Å². The molecule has 0 bridgehead atoms. The van der Waals surface area contributed by atoms with Gasteiger partial charge in [-0.05, 0) is 43.5 Å². The molecule has 1 aliphatic heterocycles. The number of rotatable bonds is 7. The highest BCUT2D eigenvalue weighted by Crippen LogP contribution is 2.27. The van der Waals surface area contributed by atoms with Crippen LogP contribution >= 0.6 is 0 Å². The molecule has 1 aliphatic rings. The van der Waals surface area contributed by atoms with Gasteiger partial charge in [0.05, 0.1) is 17.6 Å². The van der Waals surface area contributed by atoms with Gasteiger partial charge >= 0.3 is 0 Å². The van der Waals surface area contributed by atoms with Gasteiger partial charge in [-0.2, -0.15) is 4.31 Å². The Kier molecular flexibility index (Phi) is 6.41. The van der Waals surface area contributed by atoms with E-state index in [1.165, 1.54) is 4.31 Å². The predicted molar refractivity (Wildman–Crippen MR) is 89.0 cm³/mol. The third-order valence-electron chi connectivity index (χ3n) is 4.12. The maximum absolute atomic E-state index is 12.9. The van der Waals surface area contributed by atoms with Gasteiger partial charge < -0.3 is 15.2 Å². The van der Waals surface area contributed by atoms with Crippen molar-refractivity contribution in [2.75, 3.05) is 26.8 Å². The Morgan fingerprint density at radius 2 is 2.00 bits per heavy atom. The van der Waals surface area contributed by atoms with Crippen LogP contribution in [0.15, 0.2) is 29.2 Å². The minimum Gasteiger partial charge on any atom is -0.494 e. The summed E-state index contributed by atoms with van der Waals surface area (Å²) in [4.78, 5) is 0.274. The Hall–Kier alpha value is -1.15. The summed E-state index contributed by atoms with van der Waals surface area (Å²) in [6.07, 6.45) is 2.29. The van der Waals surface area contributed by atoms with Crippen LogP contribution in [0.4, 0.5) is 0 Å². The molecule has 130 valence electrons. The Bertz CT molecular complexity index is 589. The standard InChI is InChI=1S/C16H26N2O4S/c1-3-10-22-14-4-6-16(7-5-14)23(19,20)18-9-8-15(21-2)11-13(18)12-17/h4-7,13,15H,3,8-12,17H2,1-2H3. The van der Waals surface area contributed by atoms with Crippen LogP contribution in [0.2, 0.25) is 0 Å². The first kappa shape index (κ1) is 18.2. The molecule has 1 heterocycles. The average Bonchev–Trinajstić information content (AvgIpc) is 2.59. The number of benzene rings is 1. The van der Waals surface area contributed by atoms with Gasteiger partial charge in [-0.25, -0.2) is 8.42 Å². The minimum atomic E-state index is -3.55. The van der Waals surface area contributed by atoms with Crippen LogP contribution in [0.25, 0.3) is 0 Å². The molecule has 0 aliphatic carbocycles. The number of ether oxygens (including phenoxy) is 2. The summed E-state index contributed by atoms with van der Waals surface area (Å²) in [5.74, 6) is 0.680. The lowest BCUT2D eigenvalue weighted by Gasteiger charge is -2.37. The van der Waals surface area contributed by atoms with Crippen LogP contribution in [0.5, 0.6) is 5.75 Å². The molecule has 2 rings (SSSR count).